The number of hydrogen-bond donors (Lipinski definition) is 2. The van der Waals surface area contributed by atoms with Crippen LogP contribution in [0.1, 0.15) is 39.0 Å². The van der Waals surface area contributed by atoms with E-state index in [1.807, 2.05) is 0 Å². The zero-order chi connectivity index (χ0) is 8.10. The van der Waals surface area contributed by atoms with Crippen molar-refractivity contribution in [1.82, 2.24) is 10.9 Å². The Bertz CT molecular complexity index is 136. The quantitative estimate of drug-likeness (QED) is 0.595. The molecule has 1 heterocycles. The zero-order valence-electron chi connectivity index (χ0n) is 7.02. The van der Waals surface area contributed by atoms with E-state index < -0.39 is 0 Å². The fourth-order valence-corrected chi connectivity index (χ4v) is 1.32. The minimum atomic E-state index is 0.131. The van der Waals surface area contributed by atoms with E-state index in [4.69, 9.17) is 0 Å². The van der Waals surface area contributed by atoms with Crippen LogP contribution in [0.25, 0.3) is 0 Å². The maximum atomic E-state index is 10.7. The summed E-state index contributed by atoms with van der Waals surface area (Å²) < 4.78 is 0. The molecule has 0 spiro atoms. The van der Waals surface area contributed by atoms with Gasteiger partial charge >= 0.3 is 0 Å². The molecule has 0 aliphatic carbocycles. The number of hydrazine groups is 1. The summed E-state index contributed by atoms with van der Waals surface area (Å²) in [5.41, 5.74) is 5.57. The molecule has 1 unspecified atom stereocenters. The van der Waals surface area contributed by atoms with E-state index in [2.05, 4.69) is 17.8 Å². The molecular weight excluding hydrogens is 140 g/mol. The summed E-state index contributed by atoms with van der Waals surface area (Å²) in [6.45, 7) is 2.19. The van der Waals surface area contributed by atoms with Crippen molar-refractivity contribution in [2.24, 2.45) is 0 Å². The van der Waals surface area contributed by atoms with E-state index in [1.165, 1.54) is 19.3 Å². The van der Waals surface area contributed by atoms with Crippen LogP contribution in [0.2, 0.25) is 0 Å². The van der Waals surface area contributed by atoms with Crippen LogP contribution in [0, 0.1) is 0 Å². The molecule has 1 saturated heterocycles. The Kier molecular flexibility index (Phi) is 3.36. The van der Waals surface area contributed by atoms with Crippen LogP contribution in [0.4, 0.5) is 0 Å². The van der Waals surface area contributed by atoms with Crippen LogP contribution in [-0.4, -0.2) is 11.9 Å². The van der Waals surface area contributed by atoms with Gasteiger partial charge < -0.3 is 0 Å². The van der Waals surface area contributed by atoms with E-state index in [0.29, 0.717) is 12.5 Å². The molecule has 1 aliphatic heterocycles. The zero-order valence-corrected chi connectivity index (χ0v) is 7.02. The van der Waals surface area contributed by atoms with Gasteiger partial charge in [-0.3, -0.25) is 10.2 Å². The number of carbonyl (C=O) groups is 1. The molecule has 0 aromatic heterocycles. The van der Waals surface area contributed by atoms with Crippen molar-refractivity contribution in [3.8, 4) is 0 Å². The van der Waals surface area contributed by atoms with E-state index in [-0.39, 0.29) is 5.91 Å². The Morgan fingerprint density at radius 2 is 2.36 bits per heavy atom. The number of unbranched alkanes of at least 4 members (excludes halogenated alkanes) is 2. The van der Waals surface area contributed by atoms with Crippen LogP contribution in [0.5, 0.6) is 0 Å². The summed E-state index contributed by atoms with van der Waals surface area (Å²) in [7, 11) is 0. The van der Waals surface area contributed by atoms with Gasteiger partial charge in [0.15, 0.2) is 0 Å². The van der Waals surface area contributed by atoms with Gasteiger partial charge in [0.1, 0.15) is 0 Å². The van der Waals surface area contributed by atoms with Crippen LogP contribution in [0.3, 0.4) is 0 Å². The molecule has 1 fully saturated rings. The van der Waals surface area contributed by atoms with Gasteiger partial charge in [-0.15, -0.1) is 0 Å². The van der Waals surface area contributed by atoms with Crippen molar-refractivity contribution >= 4 is 5.91 Å². The summed E-state index contributed by atoms with van der Waals surface area (Å²) in [5, 5.41) is 0. The second-order valence-electron chi connectivity index (χ2n) is 3.09. The predicted octanol–water partition coefficient (Wildman–Crippen LogP) is 0.960. The van der Waals surface area contributed by atoms with Gasteiger partial charge in [0.25, 0.3) is 0 Å². The third kappa shape index (κ3) is 2.89. The molecular formula is C8H16N2O. The summed E-state index contributed by atoms with van der Waals surface area (Å²) in [6.07, 6.45) is 5.51. The van der Waals surface area contributed by atoms with E-state index in [1.54, 1.807) is 0 Å². The van der Waals surface area contributed by atoms with E-state index in [9.17, 15) is 4.79 Å². The minimum absolute atomic E-state index is 0.131. The largest absolute Gasteiger partial charge is 0.291 e. The highest BCUT2D eigenvalue weighted by atomic mass is 16.2. The Hall–Kier alpha value is -0.570. The number of carbonyl (C=O) groups excluding carboxylic acids is 1. The lowest BCUT2D eigenvalue weighted by atomic mass is 10.1. The highest BCUT2D eigenvalue weighted by Gasteiger charge is 2.19. The van der Waals surface area contributed by atoms with Gasteiger partial charge in [-0.2, -0.15) is 0 Å². The highest BCUT2D eigenvalue weighted by molar-refractivity contribution is 5.77. The molecule has 3 nitrogen and oxygen atoms in total. The second-order valence-corrected chi connectivity index (χ2v) is 3.09. The lowest BCUT2D eigenvalue weighted by Gasteiger charge is -2.05. The van der Waals surface area contributed by atoms with Gasteiger partial charge in [0.2, 0.25) is 5.91 Å². The van der Waals surface area contributed by atoms with Crippen molar-refractivity contribution < 1.29 is 4.79 Å². The van der Waals surface area contributed by atoms with Crippen molar-refractivity contribution in [2.75, 3.05) is 0 Å². The average molecular weight is 156 g/mol. The third-order valence-corrected chi connectivity index (χ3v) is 2.00. The van der Waals surface area contributed by atoms with Gasteiger partial charge in [-0.05, 0) is 6.42 Å². The predicted molar refractivity (Wildman–Crippen MR) is 43.8 cm³/mol. The van der Waals surface area contributed by atoms with Crippen molar-refractivity contribution in [3.05, 3.63) is 0 Å². The topological polar surface area (TPSA) is 41.1 Å². The molecule has 2 N–H and O–H groups in total. The fourth-order valence-electron chi connectivity index (χ4n) is 1.32. The average Bonchev–Trinajstić information content (AvgIpc) is 2.37. The molecule has 0 saturated carbocycles. The van der Waals surface area contributed by atoms with Crippen molar-refractivity contribution in [2.45, 2.75) is 45.1 Å². The van der Waals surface area contributed by atoms with Gasteiger partial charge in [-0.25, -0.2) is 5.43 Å². The normalized spacial score (nSPS) is 23.7. The van der Waals surface area contributed by atoms with Crippen LogP contribution < -0.4 is 10.9 Å². The van der Waals surface area contributed by atoms with E-state index in [0.717, 1.165) is 6.42 Å². The van der Waals surface area contributed by atoms with Crippen molar-refractivity contribution in [1.29, 1.82) is 0 Å². The summed E-state index contributed by atoms with van der Waals surface area (Å²) in [5.74, 6) is 0.131. The molecule has 3 heteroatoms. The smallest absolute Gasteiger partial charge is 0.235 e. The van der Waals surface area contributed by atoms with Gasteiger partial charge in [0, 0.05) is 12.5 Å². The minimum Gasteiger partial charge on any atom is -0.291 e. The molecule has 1 amide bonds. The summed E-state index contributed by atoms with van der Waals surface area (Å²) >= 11 is 0. The first-order chi connectivity index (χ1) is 5.33. The monoisotopic (exact) mass is 156 g/mol. The number of amides is 1. The SMILES string of the molecule is CCCCCC1CC(=O)NN1. The third-order valence-electron chi connectivity index (χ3n) is 2.00. The molecule has 64 valence electrons. The highest BCUT2D eigenvalue weighted by Crippen LogP contribution is 2.08. The van der Waals surface area contributed by atoms with E-state index >= 15 is 0 Å². The molecule has 1 atom stereocenters. The Labute approximate surface area is 67.5 Å². The Morgan fingerprint density at radius 1 is 1.55 bits per heavy atom. The molecule has 0 aromatic carbocycles. The molecule has 1 rings (SSSR count). The maximum Gasteiger partial charge on any atom is 0.235 e. The number of nitrogens with one attached hydrogen (secondary N) is 2. The molecule has 0 bridgehead atoms. The first kappa shape index (κ1) is 8.53. The summed E-state index contributed by atoms with van der Waals surface area (Å²) in [6, 6.07) is 0.383. The van der Waals surface area contributed by atoms with Gasteiger partial charge in [0.05, 0.1) is 0 Å². The van der Waals surface area contributed by atoms with Crippen LogP contribution in [-0.2, 0) is 4.79 Å². The standard InChI is InChI=1S/C8H16N2O/c1-2-3-4-5-7-6-8(11)10-9-7/h7,9H,2-6H2,1H3,(H,10,11). The number of rotatable bonds is 4. The maximum absolute atomic E-state index is 10.7. The van der Waals surface area contributed by atoms with Crippen molar-refractivity contribution in [3.63, 3.8) is 0 Å². The van der Waals surface area contributed by atoms with Crippen LogP contribution in [0.15, 0.2) is 0 Å². The Balaban J connectivity index is 2.04. The fraction of sp³-hybridized carbons (Fsp3) is 0.875. The molecule has 0 aromatic rings. The molecule has 11 heavy (non-hydrogen) atoms. The number of hydrogen-bond acceptors (Lipinski definition) is 2. The lowest BCUT2D eigenvalue weighted by Crippen LogP contribution is -2.31. The second kappa shape index (κ2) is 4.34. The first-order valence-corrected chi connectivity index (χ1v) is 4.37. The lowest BCUT2D eigenvalue weighted by molar-refractivity contribution is -0.119. The van der Waals surface area contributed by atoms with Crippen LogP contribution >= 0.6 is 0 Å². The Morgan fingerprint density at radius 3 is 2.91 bits per heavy atom. The molecule has 1 aliphatic rings. The van der Waals surface area contributed by atoms with Gasteiger partial charge in [-0.1, -0.05) is 26.2 Å². The molecule has 0 radical (unpaired) electrons. The first-order valence-electron chi connectivity index (χ1n) is 4.37. The summed E-state index contributed by atoms with van der Waals surface area (Å²) in [4.78, 5) is 10.7.